The second-order valence-electron chi connectivity index (χ2n) is 7.92. The van der Waals surface area contributed by atoms with Gasteiger partial charge in [0.25, 0.3) is 0 Å². The van der Waals surface area contributed by atoms with E-state index in [1.165, 1.54) is 0 Å². The highest BCUT2D eigenvalue weighted by Gasteiger charge is 2.57. The average molecular weight is 402 g/mol. The van der Waals surface area contributed by atoms with Gasteiger partial charge >= 0.3 is 12.1 Å². The molecule has 1 unspecified atom stereocenters. The first-order chi connectivity index (χ1) is 13.2. The van der Waals surface area contributed by atoms with Crippen LogP contribution in [0.5, 0.6) is 0 Å². The number of rotatable bonds is 12. The molecule has 0 saturated carbocycles. The van der Waals surface area contributed by atoms with E-state index in [2.05, 4.69) is 33.0 Å². The van der Waals surface area contributed by atoms with Crippen LogP contribution in [0.4, 0.5) is 4.79 Å². The fourth-order valence-corrected chi connectivity index (χ4v) is 4.59. The van der Waals surface area contributed by atoms with Gasteiger partial charge in [-0.3, -0.25) is 4.79 Å². The molecule has 8 nitrogen and oxygen atoms in total. The summed E-state index contributed by atoms with van der Waals surface area (Å²) < 4.78 is 5.47. The predicted octanol–water partition coefficient (Wildman–Crippen LogP) is 3.12. The minimum atomic E-state index is -1.01. The molecule has 0 spiro atoms. The van der Waals surface area contributed by atoms with Crippen molar-refractivity contribution < 1.29 is 24.6 Å². The van der Waals surface area contributed by atoms with Crippen LogP contribution in [0.3, 0.4) is 0 Å². The van der Waals surface area contributed by atoms with Gasteiger partial charge in [0.15, 0.2) is 0 Å². The van der Waals surface area contributed by atoms with Crippen molar-refractivity contribution in [1.82, 2.24) is 10.4 Å². The SMILES string of the molecule is CCC1(CC)CC(COC(=O)NCCCC[C@H](N)C(=O)O)C(CC)(CC)N1O. The molecule has 1 fully saturated rings. The third-order valence-corrected chi connectivity index (χ3v) is 6.74. The smallest absolute Gasteiger partial charge is 0.407 e. The van der Waals surface area contributed by atoms with E-state index in [1.54, 1.807) is 5.06 Å². The molecule has 1 rings (SSSR count). The van der Waals surface area contributed by atoms with Crippen LogP contribution >= 0.6 is 0 Å². The molecule has 0 aromatic rings. The number of nitrogens with one attached hydrogen (secondary N) is 1. The van der Waals surface area contributed by atoms with Gasteiger partial charge in [-0.05, 0) is 51.4 Å². The van der Waals surface area contributed by atoms with E-state index in [9.17, 15) is 14.8 Å². The Morgan fingerprint density at radius 3 is 2.29 bits per heavy atom. The van der Waals surface area contributed by atoms with Crippen molar-refractivity contribution in [2.75, 3.05) is 13.2 Å². The number of aliphatic carboxylic acids is 1. The highest BCUT2D eigenvalue weighted by molar-refractivity contribution is 5.72. The number of amides is 1. The zero-order chi connectivity index (χ0) is 21.4. The zero-order valence-electron chi connectivity index (χ0n) is 17.9. The summed E-state index contributed by atoms with van der Waals surface area (Å²) in [7, 11) is 0. The molecule has 0 aliphatic carbocycles. The van der Waals surface area contributed by atoms with Crippen LogP contribution in [0.25, 0.3) is 0 Å². The molecule has 0 bridgehead atoms. The van der Waals surface area contributed by atoms with Gasteiger partial charge in [-0.15, -0.1) is 0 Å². The third kappa shape index (κ3) is 5.36. The summed E-state index contributed by atoms with van der Waals surface area (Å²) in [6.07, 6.45) is 5.27. The van der Waals surface area contributed by atoms with E-state index in [4.69, 9.17) is 15.6 Å². The monoisotopic (exact) mass is 401 g/mol. The molecule has 164 valence electrons. The van der Waals surface area contributed by atoms with Crippen molar-refractivity contribution in [2.45, 2.75) is 96.2 Å². The average Bonchev–Trinajstić information content (AvgIpc) is 2.94. The zero-order valence-corrected chi connectivity index (χ0v) is 17.9. The minimum absolute atomic E-state index is 0.0757. The summed E-state index contributed by atoms with van der Waals surface area (Å²) in [6, 6.07) is -0.857. The predicted molar refractivity (Wildman–Crippen MR) is 107 cm³/mol. The van der Waals surface area contributed by atoms with E-state index >= 15 is 0 Å². The molecule has 1 saturated heterocycles. The van der Waals surface area contributed by atoms with E-state index in [-0.39, 0.29) is 23.6 Å². The molecule has 0 aromatic heterocycles. The molecule has 1 heterocycles. The van der Waals surface area contributed by atoms with Crippen LogP contribution in [-0.4, -0.2) is 57.7 Å². The normalized spacial score (nSPS) is 22.0. The Balaban J connectivity index is 2.51. The van der Waals surface area contributed by atoms with Gasteiger partial charge in [0.05, 0.1) is 12.1 Å². The van der Waals surface area contributed by atoms with Gasteiger partial charge in [0.1, 0.15) is 6.04 Å². The van der Waals surface area contributed by atoms with Crippen molar-refractivity contribution in [3.05, 3.63) is 0 Å². The van der Waals surface area contributed by atoms with Crippen LogP contribution in [0.2, 0.25) is 0 Å². The van der Waals surface area contributed by atoms with Gasteiger partial charge < -0.3 is 26.1 Å². The van der Waals surface area contributed by atoms with Crippen LogP contribution in [0.15, 0.2) is 0 Å². The summed E-state index contributed by atoms with van der Waals surface area (Å²) in [5, 5.41) is 24.0. The number of ether oxygens (including phenoxy) is 1. The highest BCUT2D eigenvalue weighted by atomic mass is 16.6. The fourth-order valence-electron chi connectivity index (χ4n) is 4.59. The minimum Gasteiger partial charge on any atom is -0.480 e. The highest BCUT2D eigenvalue weighted by Crippen LogP contribution is 2.50. The summed E-state index contributed by atoms with van der Waals surface area (Å²) in [4.78, 5) is 22.7. The molecule has 28 heavy (non-hydrogen) atoms. The lowest BCUT2D eigenvalue weighted by Crippen LogP contribution is -2.53. The molecule has 1 amide bonds. The van der Waals surface area contributed by atoms with E-state index in [0.29, 0.717) is 25.8 Å². The van der Waals surface area contributed by atoms with E-state index < -0.39 is 18.1 Å². The van der Waals surface area contributed by atoms with Crippen molar-refractivity contribution in [1.29, 1.82) is 0 Å². The Kier molecular flexibility index (Phi) is 9.66. The van der Waals surface area contributed by atoms with Crippen LogP contribution in [0, 0.1) is 5.92 Å². The fraction of sp³-hybridized carbons (Fsp3) is 0.900. The Morgan fingerprint density at radius 2 is 1.79 bits per heavy atom. The molecule has 0 radical (unpaired) electrons. The largest absolute Gasteiger partial charge is 0.480 e. The third-order valence-electron chi connectivity index (χ3n) is 6.74. The molecular weight excluding hydrogens is 362 g/mol. The van der Waals surface area contributed by atoms with Gasteiger partial charge in [0, 0.05) is 18.0 Å². The first kappa shape index (κ1) is 24.7. The van der Waals surface area contributed by atoms with Crippen LogP contribution in [0.1, 0.15) is 79.1 Å². The van der Waals surface area contributed by atoms with Gasteiger partial charge in [0.2, 0.25) is 0 Å². The number of hydroxylamine groups is 2. The van der Waals surface area contributed by atoms with E-state index in [1.807, 2.05) is 0 Å². The number of carboxylic acids is 1. The van der Waals surface area contributed by atoms with Crippen LogP contribution < -0.4 is 11.1 Å². The maximum atomic E-state index is 12.0. The van der Waals surface area contributed by atoms with Crippen molar-refractivity contribution in [3.8, 4) is 0 Å². The number of hydrogen-bond acceptors (Lipinski definition) is 6. The summed E-state index contributed by atoms with van der Waals surface area (Å²) >= 11 is 0. The number of alkyl carbamates (subject to hydrolysis) is 1. The topological polar surface area (TPSA) is 125 Å². The second-order valence-corrected chi connectivity index (χ2v) is 7.92. The molecule has 1 aliphatic heterocycles. The Morgan fingerprint density at radius 1 is 1.18 bits per heavy atom. The number of carbonyl (C=O) groups excluding carboxylic acids is 1. The maximum absolute atomic E-state index is 12.0. The quantitative estimate of drug-likeness (QED) is 0.370. The second kappa shape index (κ2) is 11.0. The number of carbonyl (C=O) groups is 2. The number of hydrogen-bond donors (Lipinski definition) is 4. The number of nitrogens with two attached hydrogens (primary N) is 1. The molecule has 1 aliphatic rings. The molecular formula is C20H39N3O5. The first-order valence-corrected chi connectivity index (χ1v) is 10.6. The lowest BCUT2D eigenvalue weighted by molar-refractivity contribution is -0.222. The standard InChI is InChI=1S/C20H39N3O5/c1-5-19(6-2)13-15(20(7-3,8-4)23(19)27)14-28-18(26)22-12-10-9-11-16(21)17(24)25/h15-16,27H,5-14,21H2,1-4H3,(H,22,26)(H,24,25)/t15?,16-/m0/s1. The van der Waals surface area contributed by atoms with Crippen molar-refractivity contribution >= 4 is 12.1 Å². The number of carboxylic acid groups (broad SMARTS) is 1. The number of nitrogens with zero attached hydrogens (tertiary/aromatic N) is 1. The Labute approximate surface area is 168 Å². The summed E-state index contributed by atoms with van der Waals surface area (Å²) in [6.45, 7) is 9.02. The van der Waals surface area contributed by atoms with Gasteiger partial charge in [-0.2, -0.15) is 5.06 Å². The Bertz CT molecular complexity index is 506. The molecule has 8 heteroatoms. The van der Waals surface area contributed by atoms with E-state index in [0.717, 1.165) is 32.1 Å². The molecule has 0 aromatic carbocycles. The number of unbranched alkanes of at least 4 members (excludes halogenated alkanes) is 1. The maximum Gasteiger partial charge on any atom is 0.407 e. The van der Waals surface area contributed by atoms with Gasteiger partial charge in [-0.1, -0.05) is 27.7 Å². The van der Waals surface area contributed by atoms with Crippen molar-refractivity contribution in [3.63, 3.8) is 0 Å². The Hall–Kier alpha value is -1.38. The molecule has 2 atom stereocenters. The summed E-state index contributed by atoms with van der Waals surface area (Å²) in [5.74, 6) is -0.931. The first-order valence-electron chi connectivity index (χ1n) is 10.6. The molecule has 5 N–H and O–H groups in total. The van der Waals surface area contributed by atoms with Crippen LogP contribution in [-0.2, 0) is 9.53 Å². The van der Waals surface area contributed by atoms with Crippen molar-refractivity contribution in [2.24, 2.45) is 11.7 Å². The lowest BCUT2D eigenvalue weighted by atomic mass is 9.80. The summed E-state index contributed by atoms with van der Waals surface area (Å²) in [5.41, 5.74) is 4.81. The lowest BCUT2D eigenvalue weighted by Gasteiger charge is -2.42. The van der Waals surface area contributed by atoms with Gasteiger partial charge in [-0.25, -0.2) is 4.79 Å².